The van der Waals surface area contributed by atoms with Crippen molar-refractivity contribution in [3.05, 3.63) is 22.7 Å². The number of hydrogen-bond donors (Lipinski definition) is 1. The Morgan fingerprint density at radius 3 is 2.39 bits per heavy atom. The zero-order valence-electron chi connectivity index (χ0n) is 11.1. The normalized spacial score (nSPS) is 16.4. The van der Waals surface area contributed by atoms with Crippen molar-refractivity contribution in [3.63, 3.8) is 0 Å². The third-order valence-electron chi connectivity index (χ3n) is 3.36. The van der Waals surface area contributed by atoms with Gasteiger partial charge in [-0.05, 0) is 36.9 Å². The Hall–Kier alpha value is -0.930. The van der Waals surface area contributed by atoms with Gasteiger partial charge in [-0.2, -0.15) is 0 Å². The van der Waals surface area contributed by atoms with Crippen LogP contribution < -0.4 is 14.8 Å². The van der Waals surface area contributed by atoms with E-state index in [0.717, 1.165) is 22.9 Å². The second-order valence-corrected chi connectivity index (χ2v) is 5.01. The molecule has 1 aromatic rings. The molecule has 1 atom stereocenters. The van der Waals surface area contributed by atoms with Gasteiger partial charge < -0.3 is 14.8 Å². The molecule has 0 spiro atoms. The third-order valence-corrected chi connectivity index (χ3v) is 3.68. The summed E-state index contributed by atoms with van der Waals surface area (Å²) >= 11 is 6.36. The first-order valence-electron chi connectivity index (χ1n) is 6.36. The summed E-state index contributed by atoms with van der Waals surface area (Å²) in [5.41, 5.74) is 1.11. The number of rotatable bonds is 6. The Labute approximate surface area is 113 Å². The summed E-state index contributed by atoms with van der Waals surface area (Å²) in [6, 6.07) is 4.15. The van der Waals surface area contributed by atoms with Gasteiger partial charge in [0.25, 0.3) is 0 Å². The van der Waals surface area contributed by atoms with Gasteiger partial charge in [0.15, 0.2) is 11.5 Å². The first-order chi connectivity index (χ1) is 8.71. The molecule has 1 N–H and O–H groups in total. The molecular weight excluding hydrogens is 250 g/mol. The van der Waals surface area contributed by atoms with Crippen LogP contribution in [0.4, 0.5) is 0 Å². The summed E-state index contributed by atoms with van der Waals surface area (Å²) in [5.74, 6) is 2.11. The van der Waals surface area contributed by atoms with Crippen LogP contribution in [0.2, 0.25) is 5.02 Å². The van der Waals surface area contributed by atoms with E-state index in [-0.39, 0.29) is 0 Å². The Bertz CT molecular complexity index is 419. The minimum Gasteiger partial charge on any atom is -0.493 e. The second-order valence-electron chi connectivity index (χ2n) is 4.60. The van der Waals surface area contributed by atoms with Crippen molar-refractivity contribution in [1.29, 1.82) is 0 Å². The number of ether oxygens (including phenoxy) is 2. The molecule has 2 rings (SSSR count). The fourth-order valence-corrected chi connectivity index (χ4v) is 2.56. The van der Waals surface area contributed by atoms with Crippen molar-refractivity contribution in [3.8, 4) is 11.5 Å². The predicted molar refractivity (Wildman–Crippen MR) is 73.7 cm³/mol. The number of halogens is 1. The van der Waals surface area contributed by atoms with Crippen molar-refractivity contribution in [2.75, 3.05) is 20.8 Å². The molecule has 0 heterocycles. The fourth-order valence-electron chi connectivity index (χ4n) is 2.29. The molecule has 3 nitrogen and oxygen atoms in total. The summed E-state index contributed by atoms with van der Waals surface area (Å²) in [6.45, 7) is 3.05. The van der Waals surface area contributed by atoms with Crippen LogP contribution in [-0.4, -0.2) is 20.8 Å². The largest absolute Gasteiger partial charge is 0.493 e. The summed E-state index contributed by atoms with van der Waals surface area (Å²) in [7, 11) is 3.27. The van der Waals surface area contributed by atoms with E-state index in [1.807, 2.05) is 12.1 Å². The highest BCUT2D eigenvalue weighted by Crippen LogP contribution is 2.45. The van der Waals surface area contributed by atoms with Gasteiger partial charge in [0.2, 0.25) is 0 Å². The van der Waals surface area contributed by atoms with Gasteiger partial charge >= 0.3 is 0 Å². The molecule has 0 saturated heterocycles. The molecule has 0 radical (unpaired) electrons. The first-order valence-corrected chi connectivity index (χ1v) is 6.73. The molecule has 1 unspecified atom stereocenters. The summed E-state index contributed by atoms with van der Waals surface area (Å²) in [5, 5.41) is 4.25. The lowest BCUT2D eigenvalue weighted by Gasteiger charge is -2.21. The minimum atomic E-state index is 0.322. The van der Waals surface area contributed by atoms with E-state index in [2.05, 4.69) is 12.2 Å². The molecular formula is C14H20ClNO2. The molecule has 1 aliphatic carbocycles. The Morgan fingerprint density at radius 1 is 1.28 bits per heavy atom. The molecule has 1 aliphatic rings. The van der Waals surface area contributed by atoms with Crippen LogP contribution in [0.1, 0.15) is 31.4 Å². The minimum absolute atomic E-state index is 0.322. The summed E-state index contributed by atoms with van der Waals surface area (Å²) in [4.78, 5) is 0. The van der Waals surface area contributed by atoms with E-state index in [4.69, 9.17) is 21.1 Å². The third kappa shape index (κ3) is 2.73. The average Bonchev–Trinajstić information content (AvgIpc) is 3.20. The van der Waals surface area contributed by atoms with Gasteiger partial charge in [-0.1, -0.05) is 18.5 Å². The smallest absolute Gasteiger partial charge is 0.162 e. The molecule has 0 amide bonds. The van der Waals surface area contributed by atoms with E-state index in [9.17, 15) is 0 Å². The highest BCUT2D eigenvalue weighted by atomic mass is 35.5. The van der Waals surface area contributed by atoms with Gasteiger partial charge in [0, 0.05) is 17.1 Å². The van der Waals surface area contributed by atoms with Crippen LogP contribution in [-0.2, 0) is 0 Å². The summed E-state index contributed by atoms with van der Waals surface area (Å²) < 4.78 is 10.6. The fraction of sp³-hybridized carbons (Fsp3) is 0.571. The lowest BCUT2D eigenvalue weighted by Crippen LogP contribution is -2.23. The Balaban J connectivity index is 2.35. The van der Waals surface area contributed by atoms with Crippen molar-refractivity contribution >= 4 is 11.6 Å². The van der Waals surface area contributed by atoms with E-state index >= 15 is 0 Å². The van der Waals surface area contributed by atoms with Crippen LogP contribution in [0.3, 0.4) is 0 Å². The van der Waals surface area contributed by atoms with Crippen LogP contribution in [0.15, 0.2) is 12.1 Å². The lowest BCUT2D eigenvalue weighted by atomic mass is 10.0. The highest BCUT2D eigenvalue weighted by molar-refractivity contribution is 6.31. The van der Waals surface area contributed by atoms with Crippen LogP contribution in [0.5, 0.6) is 11.5 Å². The number of hydrogen-bond acceptors (Lipinski definition) is 3. The maximum atomic E-state index is 6.36. The summed E-state index contributed by atoms with van der Waals surface area (Å²) in [6.07, 6.45) is 2.53. The van der Waals surface area contributed by atoms with E-state index < -0.39 is 0 Å². The molecule has 0 bridgehead atoms. The average molecular weight is 270 g/mol. The maximum absolute atomic E-state index is 6.36. The molecule has 100 valence electrons. The molecule has 0 aliphatic heterocycles. The standard InChI is InChI=1S/C14H20ClNO2/c1-4-16-14(9-5-6-9)10-7-12(17-2)13(18-3)8-11(10)15/h7-9,14,16H,4-6H2,1-3H3. The van der Waals surface area contributed by atoms with E-state index in [1.54, 1.807) is 14.2 Å². The van der Waals surface area contributed by atoms with Gasteiger partial charge in [-0.3, -0.25) is 0 Å². The van der Waals surface area contributed by atoms with Crippen molar-refractivity contribution in [1.82, 2.24) is 5.32 Å². The van der Waals surface area contributed by atoms with Crippen molar-refractivity contribution < 1.29 is 9.47 Å². The van der Waals surface area contributed by atoms with Crippen molar-refractivity contribution in [2.24, 2.45) is 5.92 Å². The second kappa shape index (κ2) is 5.81. The zero-order chi connectivity index (χ0) is 13.1. The van der Waals surface area contributed by atoms with Gasteiger partial charge in [0.05, 0.1) is 14.2 Å². The Morgan fingerprint density at radius 2 is 1.89 bits per heavy atom. The highest BCUT2D eigenvalue weighted by Gasteiger charge is 2.33. The molecule has 18 heavy (non-hydrogen) atoms. The monoisotopic (exact) mass is 269 g/mol. The van der Waals surface area contributed by atoms with Gasteiger partial charge in [-0.15, -0.1) is 0 Å². The first kappa shape index (κ1) is 13.5. The molecule has 4 heteroatoms. The van der Waals surface area contributed by atoms with E-state index in [0.29, 0.717) is 17.7 Å². The lowest BCUT2D eigenvalue weighted by molar-refractivity contribution is 0.353. The van der Waals surface area contributed by atoms with E-state index in [1.165, 1.54) is 12.8 Å². The zero-order valence-corrected chi connectivity index (χ0v) is 11.9. The van der Waals surface area contributed by atoms with Gasteiger partial charge in [0.1, 0.15) is 0 Å². The number of benzene rings is 1. The topological polar surface area (TPSA) is 30.5 Å². The quantitative estimate of drug-likeness (QED) is 0.858. The predicted octanol–water partition coefficient (Wildman–Crippen LogP) is 3.42. The molecule has 1 saturated carbocycles. The molecule has 1 aromatic carbocycles. The van der Waals surface area contributed by atoms with Crippen LogP contribution in [0.25, 0.3) is 0 Å². The maximum Gasteiger partial charge on any atom is 0.162 e. The van der Waals surface area contributed by atoms with Crippen LogP contribution in [0, 0.1) is 5.92 Å². The van der Waals surface area contributed by atoms with Crippen molar-refractivity contribution in [2.45, 2.75) is 25.8 Å². The number of methoxy groups -OCH3 is 2. The van der Waals surface area contributed by atoms with Crippen LogP contribution >= 0.6 is 11.6 Å². The Kier molecular flexibility index (Phi) is 4.36. The SMILES string of the molecule is CCNC(c1cc(OC)c(OC)cc1Cl)C1CC1. The van der Waals surface area contributed by atoms with Gasteiger partial charge in [-0.25, -0.2) is 0 Å². The number of nitrogens with one attached hydrogen (secondary N) is 1. The molecule has 0 aromatic heterocycles. The molecule has 1 fully saturated rings.